The van der Waals surface area contributed by atoms with Crippen LogP contribution in [-0.4, -0.2) is 56.6 Å². The zero-order valence-corrected chi connectivity index (χ0v) is 15.4. The lowest BCUT2D eigenvalue weighted by atomic mass is 10.1. The number of rotatable bonds is 5. The largest absolute Gasteiger partial charge is 0.496 e. The number of ether oxygens (including phenoxy) is 3. The first-order chi connectivity index (χ1) is 12.6. The van der Waals surface area contributed by atoms with Crippen LogP contribution >= 0.6 is 11.8 Å². The minimum atomic E-state index is -0.270. The molecule has 0 spiro atoms. The number of anilines is 1. The van der Waals surface area contributed by atoms with Gasteiger partial charge in [-0.2, -0.15) is 0 Å². The molecule has 1 aromatic carbocycles. The van der Waals surface area contributed by atoms with E-state index in [2.05, 4.69) is 10.6 Å². The van der Waals surface area contributed by atoms with Crippen molar-refractivity contribution in [1.82, 2.24) is 5.32 Å². The fourth-order valence-corrected chi connectivity index (χ4v) is 3.47. The predicted octanol–water partition coefficient (Wildman–Crippen LogP) is 1.77. The predicted molar refractivity (Wildman–Crippen MR) is 99.1 cm³/mol. The normalized spacial score (nSPS) is 20.3. The highest BCUT2D eigenvalue weighted by atomic mass is 32.2. The summed E-state index contributed by atoms with van der Waals surface area (Å²) in [7, 11) is 0. The number of amides is 2. The third kappa shape index (κ3) is 4.78. The molecule has 7 nitrogen and oxygen atoms in total. The van der Waals surface area contributed by atoms with E-state index < -0.39 is 0 Å². The van der Waals surface area contributed by atoms with E-state index in [1.54, 1.807) is 31.2 Å². The summed E-state index contributed by atoms with van der Waals surface area (Å²) < 4.78 is 16.3. The number of thioether (sulfide) groups is 1. The van der Waals surface area contributed by atoms with E-state index in [1.165, 1.54) is 11.8 Å². The minimum Gasteiger partial charge on any atom is -0.496 e. The van der Waals surface area contributed by atoms with Crippen molar-refractivity contribution in [2.24, 2.45) is 0 Å². The SMILES string of the molecule is CC1=C(C(=O)Nc2ccccc2C(=O)NCC2COCCO2)SCCO1. The number of para-hydroxylation sites is 1. The second kappa shape index (κ2) is 9.07. The fourth-order valence-electron chi connectivity index (χ4n) is 2.66. The number of allylic oxidation sites excluding steroid dienone is 1. The van der Waals surface area contributed by atoms with Crippen molar-refractivity contribution in [3.8, 4) is 0 Å². The van der Waals surface area contributed by atoms with E-state index in [-0.39, 0.29) is 17.9 Å². The van der Waals surface area contributed by atoms with Crippen molar-refractivity contribution in [1.29, 1.82) is 0 Å². The quantitative estimate of drug-likeness (QED) is 0.812. The first-order valence-electron chi connectivity index (χ1n) is 8.49. The van der Waals surface area contributed by atoms with Gasteiger partial charge in [0.2, 0.25) is 0 Å². The van der Waals surface area contributed by atoms with Crippen molar-refractivity contribution in [3.63, 3.8) is 0 Å². The molecule has 26 heavy (non-hydrogen) atoms. The van der Waals surface area contributed by atoms with E-state index in [4.69, 9.17) is 14.2 Å². The lowest BCUT2D eigenvalue weighted by Crippen LogP contribution is -2.39. The number of nitrogens with one attached hydrogen (secondary N) is 2. The molecule has 3 rings (SSSR count). The van der Waals surface area contributed by atoms with Gasteiger partial charge < -0.3 is 24.8 Å². The molecule has 2 N–H and O–H groups in total. The van der Waals surface area contributed by atoms with Crippen LogP contribution in [0.4, 0.5) is 5.69 Å². The molecule has 0 saturated carbocycles. The Balaban J connectivity index is 1.65. The van der Waals surface area contributed by atoms with Gasteiger partial charge in [0.05, 0.1) is 43.8 Å². The third-order valence-corrected chi connectivity index (χ3v) is 5.10. The molecule has 2 amide bonds. The summed E-state index contributed by atoms with van der Waals surface area (Å²) in [5.74, 6) is 0.797. The number of benzene rings is 1. The van der Waals surface area contributed by atoms with Crippen LogP contribution in [-0.2, 0) is 19.0 Å². The summed E-state index contributed by atoms with van der Waals surface area (Å²) in [6.07, 6.45) is -0.155. The fraction of sp³-hybridized carbons (Fsp3) is 0.444. The lowest BCUT2D eigenvalue weighted by molar-refractivity contribution is -0.112. The molecule has 0 radical (unpaired) electrons. The highest BCUT2D eigenvalue weighted by molar-refractivity contribution is 8.04. The summed E-state index contributed by atoms with van der Waals surface area (Å²) in [6.45, 7) is 4.29. The molecule has 0 bridgehead atoms. The Kier molecular flexibility index (Phi) is 6.54. The molecule has 2 aliphatic heterocycles. The summed E-state index contributed by atoms with van der Waals surface area (Å²) in [6, 6.07) is 6.91. The molecule has 140 valence electrons. The maximum atomic E-state index is 12.5. The number of hydrogen-bond acceptors (Lipinski definition) is 6. The van der Waals surface area contributed by atoms with Crippen molar-refractivity contribution in [2.75, 3.05) is 44.0 Å². The van der Waals surface area contributed by atoms with E-state index in [9.17, 15) is 9.59 Å². The third-order valence-electron chi connectivity index (χ3n) is 3.97. The van der Waals surface area contributed by atoms with Gasteiger partial charge in [-0.15, -0.1) is 11.8 Å². The summed E-state index contributed by atoms with van der Waals surface area (Å²) in [5, 5.41) is 5.65. The first-order valence-corrected chi connectivity index (χ1v) is 9.48. The van der Waals surface area contributed by atoms with Gasteiger partial charge >= 0.3 is 0 Å². The van der Waals surface area contributed by atoms with Gasteiger partial charge in [0.15, 0.2) is 0 Å². The Labute approximate surface area is 156 Å². The molecule has 1 unspecified atom stereocenters. The Hall–Kier alpha value is -2.03. The lowest BCUT2D eigenvalue weighted by Gasteiger charge is -2.23. The maximum absolute atomic E-state index is 12.5. The Morgan fingerprint density at radius 3 is 2.81 bits per heavy atom. The van der Waals surface area contributed by atoms with Crippen molar-refractivity contribution < 1.29 is 23.8 Å². The van der Waals surface area contributed by atoms with Crippen LogP contribution in [0.25, 0.3) is 0 Å². The zero-order valence-electron chi connectivity index (χ0n) is 14.6. The molecule has 2 heterocycles. The number of carbonyl (C=O) groups is 2. The summed E-state index contributed by atoms with van der Waals surface area (Å²) in [5.41, 5.74) is 0.861. The van der Waals surface area contributed by atoms with Crippen LogP contribution in [0.1, 0.15) is 17.3 Å². The molecule has 2 aliphatic rings. The molecule has 0 aromatic heterocycles. The molecular weight excluding hydrogens is 356 g/mol. The van der Waals surface area contributed by atoms with Crippen molar-refractivity contribution >= 4 is 29.3 Å². The van der Waals surface area contributed by atoms with Crippen LogP contribution < -0.4 is 10.6 Å². The van der Waals surface area contributed by atoms with Crippen LogP contribution in [0.3, 0.4) is 0 Å². The second-order valence-electron chi connectivity index (χ2n) is 5.86. The van der Waals surface area contributed by atoms with E-state index in [0.29, 0.717) is 54.9 Å². The van der Waals surface area contributed by atoms with Crippen LogP contribution in [0.15, 0.2) is 34.9 Å². The van der Waals surface area contributed by atoms with Gasteiger partial charge in [-0.05, 0) is 19.1 Å². The Bertz CT molecular complexity index is 701. The smallest absolute Gasteiger partial charge is 0.265 e. The average molecular weight is 378 g/mol. The molecule has 8 heteroatoms. The topological polar surface area (TPSA) is 85.9 Å². The molecule has 0 aliphatic carbocycles. The second-order valence-corrected chi connectivity index (χ2v) is 6.96. The van der Waals surface area contributed by atoms with E-state index >= 15 is 0 Å². The van der Waals surface area contributed by atoms with E-state index in [0.717, 1.165) is 5.75 Å². The molecule has 1 saturated heterocycles. The first kappa shape index (κ1) is 18.8. The molecule has 1 atom stereocenters. The van der Waals surface area contributed by atoms with Crippen molar-refractivity contribution in [2.45, 2.75) is 13.0 Å². The summed E-state index contributed by atoms with van der Waals surface area (Å²) in [4.78, 5) is 25.6. The van der Waals surface area contributed by atoms with Gasteiger partial charge in [0, 0.05) is 12.3 Å². The van der Waals surface area contributed by atoms with Gasteiger partial charge in [-0.1, -0.05) is 12.1 Å². The average Bonchev–Trinajstić information content (AvgIpc) is 2.67. The molecule has 1 fully saturated rings. The monoisotopic (exact) mass is 378 g/mol. The van der Waals surface area contributed by atoms with Gasteiger partial charge in [0.25, 0.3) is 11.8 Å². The Morgan fingerprint density at radius 1 is 1.19 bits per heavy atom. The molecular formula is C18H22N2O5S. The zero-order chi connectivity index (χ0) is 18.4. The van der Waals surface area contributed by atoms with Gasteiger partial charge in [0.1, 0.15) is 10.7 Å². The van der Waals surface area contributed by atoms with Crippen molar-refractivity contribution in [3.05, 3.63) is 40.5 Å². The van der Waals surface area contributed by atoms with Gasteiger partial charge in [-0.3, -0.25) is 9.59 Å². The van der Waals surface area contributed by atoms with Gasteiger partial charge in [-0.25, -0.2) is 0 Å². The number of hydrogen-bond donors (Lipinski definition) is 2. The van der Waals surface area contributed by atoms with E-state index in [1.807, 2.05) is 0 Å². The standard InChI is InChI=1S/C18H22N2O5S/c1-12-16(26-9-8-24-12)18(22)20-15-5-3-2-4-14(15)17(21)19-10-13-11-23-6-7-25-13/h2-5,13H,6-11H2,1H3,(H,19,21)(H,20,22). The Morgan fingerprint density at radius 2 is 2.04 bits per heavy atom. The number of carbonyl (C=O) groups excluding carboxylic acids is 2. The highest BCUT2D eigenvalue weighted by Gasteiger charge is 2.21. The highest BCUT2D eigenvalue weighted by Crippen LogP contribution is 2.27. The van der Waals surface area contributed by atoms with Crippen LogP contribution in [0.2, 0.25) is 0 Å². The molecule has 1 aromatic rings. The minimum absolute atomic E-state index is 0.155. The van der Waals surface area contributed by atoms with Crippen LogP contribution in [0.5, 0.6) is 0 Å². The maximum Gasteiger partial charge on any atom is 0.265 e. The summed E-state index contributed by atoms with van der Waals surface area (Å²) >= 11 is 1.45. The van der Waals surface area contributed by atoms with Crippen LogP contribution in [0, 0.1) is 0 Å².